The zero-order chi connectivity index (χ0) is 21.0. The number of nitro groups is 1. The number of aliphatic imine (C=N–C) groups is 1. The average molecular weight is 402 g/mol. The van der Waals surface area contributed by atoms with Gasteiger partial charge in [0.2, 0.25) is 0 Å². The molecule has 3 rings (SSSR count). The molecule has 1 unspecified atom stereocenters. The minimum Gasteiger partial charge on any atom is -0.469 e. The van der Waals surface area contributed by atoms with Crippen molar-refractivity contribution in [3.8, 4) is 5.69 Å². The maximum absolute atomic E-state index is 13.1. The van der Waals surface area contributed by atoms with Gasteiger partial charge in [-0.05, 0) is 31.9 Å². The molecule has 0 bridgehead atoms. The molecule has 1 aromatic carbocycles. The number of benzene rings is 1. The number of H-pyrrole nitrogens is 1. The molecule has 2 aromatic rings. The largest absolute Gasteiger partial charge is 0.469 e. The minimum atomic E-state index is -0.517. The first-order valence-corrected chi connectivity index (χ1v) is 9.19. The van der Waals surface area contributed by atoms with Gasteiger partial charge in [0, 0.05) is 24.5 Å². The molecule has 1 fully saturated rings. The molecule has 0 radical (unpaired) electrons. The Labute approximate surface area is 166 Å². The molecular weight excluding hydrogens is 380 g/mol. The third-order valence-electron chi connectivity index (χ3n) is 4.75. The number of nitrogens with zero attached hydrogens (tertiary/aromatic N) is 3. The molecule has 0 aliphatic carbocycles. The molecule has 29 heavy (non-hydrogen) atoms. The molecule has 1 aromatic heterocycles. The smallest absolute Gasteiger partial charge is 0.311 e. The van der Waals surface area contributed by atoms with E-state index in [-0.39, 0.29) is 23.8 Å². The fourth-order valence-corrected chi connectivity index (χ4v) is 3.21. The number of methoxy groups -OCH3 is 1. The SMILES string of the molecule is COC(=O)Cc1[nH]n(-c2ccc([N+](=O)[O-])cc2)c(=O)c1C(C)=NCC1CCCO1. The minimum absolute atomic E-state index is 0.0323. The average Bonchev–Trinajstić information content (AvgIpc) is 3.34. The van der Waals surface area contributed by atoms with E-state index in [0.717, 1.165) is 12.8 Å². The predicted octanol–water partition coefficient (Wildman–Crippen LogP) is 1.78. The van der Waals surface area contributed by atoms with Gasteiger partial charge in [-0.2, -0.15) is 0 Å². The number of ether oxygens (including phenoxy) is 2. The second-order valence-corrected chi connectivity index (χ2v) is 6.69. The molecule has 10 heteroatoms. The molecular formula is C19H22N4O6. The van der Waals surface area contributed by atoms with Gasteiger partial charge in [-0.25, -0.2) is 4.68 Å². The summed E-state index contributed by atoms with van der Waals surface area (Å²) >= 11 is 0. The molecule has 1 N–H and O–H groups in total. The number of esters is 1. The Bertz CT molecular complexity index is 983. The van der Waals surface area contributed by atoms with Gasteiger partial charge in [0.1, 0.15) is 0 Å². The van der Waals surface area contributed by atoms with E-state index in [4.69, 9.17) is 9.47 Å². The fraction of sp³-hybridized carbons (Fsp3) is 0.421. The van der Waals surface area contributed by atoms with Crippen molar-refractivity contribution in [2.24, 2.45) is 4.99 Å². The first-order chi connectivity index (χ1) is 13.9. The number of hydrogen-bond acceptors (Lipinski definition) is 7. The fourth-order valence-electron chi connectivity index (χ4n) is 3.21. The Hall–Kier alpha value is -3.27. The van der Waals surface area contributed by atoms with Gasteiger partial charge in [-0.3, -0.25) is 29.8 Å². The number of aromatic nitrogens is 2. The van der Waals surface area contributed by atoms with Crippen LogP contribution in [-0.2, 0) is 20.7 Å². The number of hydrogen-bond donors (Lipinski definition) is 1. The first-order valence-electron chi connectivity index (χ1n) is 9.19. The second-order valence-electron chi connectivity index (χ2n) is 6.69. The van der Waals surface area contributed by atoms with E-state index in [9.17, 15) is 19.7 Å². The summed E-state index contributed by atoms with van der Waals surface area (Å²) in [5, 5.41) is 13.8. The third kappa shape index (κ3) is 4.60. The number of carbonyl (C=O) groups excluding carboxylic acids is 1. The molecule has 1 atom stereocenters. The number of carbonyl (C=O) groups is 1. The second kappa shape index (κ2) is 8.82. The summed E-state index contributed by atoms with van der Waals surface area (Å²) in [6.07, 6.45) is 1.81. The van der Waals surface area contributed by atoms with Crippen LogP contribution in [0.2, 0.25) is 0 Å². The molecule has 1 saturated heterocycles. The monoisotopic (exact) mass is 402 g/mol. The Morgan fingerprint density at radius 1 is 1.41 bits per heavy atom. The van der Waals surface area contributed by atoms with Crippen LogP contribution in [0.3, 0.4) is 0 Å². The lowest BCUT2D eigenvalue weighted by molar-refractivity contribution is -0.384. The van der Waals surface area contributed by atoms with Crippen molar-refractivity contribution in [3.05, 3.63) is 56.0 Å². The van der Waals surface area contributed by atoms with Crippen LogP contribution < -0.4 is 5.56 Å². The quantitative estimate of drug-likeness (QED) is 0.325. The van der Waals surface area contributed by atoms with E-state index in [2.05, 4.69) is 10.1 Å². The van der Waals surface area contributed by atoms with Crippen molar-refractivity contribution >= 4 is 17.4 Å². The van der Waals surface area contributed by atoms with Crippen molar-refractivity contribution < 1.29 is 19.2 Å². The van der Waals surface area contributed by atoms with Gasteiger partial charge in [0.25, 0.3) is 11.2 Å². The molecule has 1 aliphatic heterocycles. The summed E-state index contributed by atoms with van der Waals surface area (Å²) < 4.78 is 11.5. The standard InChI is InChI=1S/C19H22N4O6/c1-12(20-11-15-4-3-9-29-15)18-16(10-17(24)28-2)21-22(19(18)25)13-5-7-14(8-6-13)23(26)27/h5-8,15,21H,3-4,9-11H2,1-2H3. The van der Waals surface area contributed by atoms with E-state index < -0.39 is 16.5 Å². The van der Waals surface area contributed by atoms with Gasteiger partial charge < -0.3 is 9.47 Å². The third-order valence-corrected chi connectivity index (χ3v) is 4.75. The van der Waals surface area contributed by atoms with Crippen LogP contribution in [-0.4, -0.2) is 52.8 Å². The molecule has 154 valence electrons. The lowest BCUT2D eigenvalue weighted by Crippen LogP contribution is -2.21. The van der Waals surface area contributed by atoms with Crippen LogP contribution in [0.1, 0.15) is 31.0 Å². The number of nitro benzene ring substituents is 1. The van der Waals surface area contributed by atoms with Crippen molar-refractivity contribution in [1.82, 2.24) is 9.78 Å². The summed E-state index contributed by atoms with van der Waals surface area (Å²) in [7, 11) is 1.27. The highest BCUT2D eigenvalue weighted by Gasteiger charge is 2.21. The van der Waals surface area contributed by atoms with Gasteiger partial charge in [0.05, 0.1) is 48.0 Å². The van der Waals surface area contributed by atoms with E-state index in [0.29, 0.717) is 30.2 Å². The van der Waals surface area contributed by atoms with Crippen molar-refractivity contribution in [2.75, 3.05) is 20.3 Å². The van der Waals surface area contributed by atoms with Crippen molar-refractivity contribution in [1.29, 1.82) is 0 Å². The Morgan fingerprint density at radius 2 is 2.14 bits per heavy atom. The van der Waals surface area contributed by atoms with Crippen LogP contribution in [0, 0.1) is 10.1 Å². The summed E-state index contributed by atoms with van der Waals surface area (Å²) in [5.74, 6) is -0.504. The van der Waals surface area contributed by atoms with Crippen LogP contribution in [0.5, 0.6) is 0 Å². The molecule has 10 nitrogen and oxygen atoms in total. The van der Waals surface area contributed by atoms with E-state index in [1.54, 1.807) is 6.92 Å². The van der Waals surface area contributed by atoms with Gasteiger partial charge >= 0.3 is 5.97 Å². The van der Waals surface area contributed by atoms with Crippen molar-refractivity contribution in [2.45, 2.75) is 32.3 Å². The first kappa shape index (κ1) is 20.5. The lowest BCUT2D eigenvalue weighted by Gasteiger charge is -2.06. The van der Waals surface area contributed by atoms with Crippen LogP contribution >= 0.6 is 0 Å². The zero-order valence-corrected chi connectivity index (χ0v) is 16.2. The molecule has 0 saturated carbocycles. The van der Waals surface area contributed by atoms with E-state index >= 15 is 0 Å². The molecule has 0 amide bonds. The lowest BCUT2D eigenvalue weighted by atomic mass is 10.1. The van der Waals surface area contributed by atoms with Crippen LogP contribution in [0.15, 0.2) is 34.1 Å². The maximum Gasteiger partial charge on any atom is 0.311 e. The van der Waals surface area contributed by atoms with Crippen LogP contribution in [0.25, 0.3) is 5.69 Å². The van der Waals surface area contributed by atoms with Gasteiger partial charge in [0.15, 0.2) is 0 Å². The summed E-state index contributed by atoms with van der Waals surface area (Å²) in [6, 6.07) is 5.53. The van der Waals surface area contributed by atoms with Gasteiger partial charge in [-0.1, -0.05) is 0 Å². The summed E-state index contributed by atoms with van der Waals surface area (Å²) in [4.78, 5) is 39.7. The Kier molecular flexibility index (Phi) is 6.23. The van der Waals surface area contributed by atoms with Crippen molar-refractivity contribution in [3.63, 3.8) is 0 Å². The maximum atomic E-state index is 13.1. The Balaban J connectivity index is 1.98. The summed E-state index contributed by atoms with van der Waals surface area (Å²) in [6.45, 7) is 2.86. The number of nitrogens with one attached hydrogen (secondary N) is 1. The number of aromatic amines is 1. The highest BCUT2D eigenvalue weighted by molar-refractivity contribution is 6.00. The topological polar surface area (TPSA) is 129 Å². The molecule has 0 spiro atoms. The van der Waals surface area contributed by atoms with E-state index in [1.165, 1.54) is 36.1 Å². The van der Waals surface area contributed by atoms with Crippen LogP contribution in [0.4, 0.5) is 5.69 Å². The molecule has 1 aliphatic rings. The summed E-state index contributed by atoms with van der Waals surface area (Å²) in [5.41, 5.74) is 1.07. The van der Waals surface area contributed by atoms with E-state index in [1.807, 2.05) is 0 Å². The Morgan fingerprint density at radius 3 is 2.72 bits per heavy atom. The highest BCUT2D eigenvalue weighted by Crippen LogP contribution is 2.16. The number of rotatable bonds is 7. The van der Waals surface area contributed by atoms with Gasteiger partial charge in [-0.15, -0.1) is 0 Å². The highest BCUT2D eigenvalue weighted by atomic mass is 16.6. The zero-order valence-electron chi connectivity index (χ0n) is 16.2. The number of non-ortho nitro benzene ring substituents is 1. The predicted molar refractivity (Wildman–Crippen MR) is 105 cm³/mol. The molecule has 2 heterocycles. The normalized spacial score (nSPS) is 16.8.